The average molecular weight is 415 g/mol. The number of halogens is 3. The van der Waals surface area contributed by atoms with Gasteiger partial charge in [-0.3, -0.25) is 0 Å². The van der Waals surface area contributed by atoms with E-state index in [2.05, 4.69) is 34.5 Å². The lowest BCUT2D eigenvalue weighted by atomic mass is 9.74. The van der Waals surface area contributed by atoms with Crippen molar-refractivity contribution in [1.82, 2.24) is 4.72 Å². The first-order valence-electron chi connectivity index (χ1n) is 6.80. The van der Waals surface area contributed by atoms with Gasteiger partial charge in [0.05, 0.1) is 10.0 Å². The van der Waals surface area contributed by atoms with Gasteiger partial charge in [-0.1, -0.05) is 65.8 Å². The summed E-state index contributed by atoms with van der Waals surface area (Å²) in [5.41, 5.74) is -0.0698. The molecule has 0 spiro atoms. The van der Waals surface area contributed by atoms with Crippen molar-refractivity contribution in [2.45, 2.75) is 50.5 Å². The predicted molar refractivity (Wildman–Crippen MR) is 90.5 cm³/mol. The van der Waals surface area contributed by atoms with Crippen molar-refractivity contribution in [3.8, 4) is 0 Å². The van der Waals surface area contributed by atoms with Crippen molar-refractivity contribution in [1.29, 1.82) is 0 Å². The van der Waals surface area contributed by atoms with Crippen LogP contribution in [-0.4, -0.2) is 14.5 Å². The molecule has 0 heterocycles. The molecular formula is C14H18BrCl2NO2S. The van der Waals surface area contributed by atoms with Crippen molar-refractivity contribution in [2.75, 3.05) is 0 Å². The fraction of sp³-hybridized carbons (Fsp3) is 0.571. The monoisotopic (exact) mass is 413 g/mol. The van der Waals surface area contributed by atoms with E-state index in [1.54, 1.807) is 0 Å². The van der Waals surface area contributed by atoms with Crippen LogP contribution in [0, 0.1) is 5.41 Å². The summed E-state index contributed by atoms with van der Waals surface area (Å²) in [6, 6.07) is 2.97. The first-order chi connectivity index (χ1) is 9.63. The smallest absolute Gasteiger partial charge is 0.207 e. The molecule has 0 saturated heterocycles. The molecule has 0 radical (unpaired) electrons. The second-order valence-corrected chi connectivity index (χ2v) is 9.49. The van der Waals surface area contributed by atoms with Gasteiger partial charge < -0.3 is 0 Å². The maximum absolute atomic E-state index is 12.6. The fourth-order valence-corrected chi connectivity index (χ4v) is 6.12. The quantitative estimate of drug-likeness (QED) is 0.755. The third-order valence-corrected chi connectivity index (χ3v) is 6.89. The Balaban J connectivity index is 2.35. The molecule has 118 valence electrons. The molecule has 0 aromatic heterocycles. The SMILES string of the molecule is CC1(C)CCCCC1NS(=O)(=O)c1c(Cl)cc(Br)cc1Cl. The van der Waals surface area contributed by atoms with E-state index in [1.165, 1.54) is 12.1 Å². The van der Waals surface area contributed by atoms with Gasteiger partial charge in [-0.25, -0.2) is 13.1 Å². The Morgan fingerprint density at radius 3 is 2.33 bits per heavy atom. The minimum absolute atomic E-state index is 0.0459. The van der Waals surface area contributed by atoms with E-state index >= 15 is 0 Å². The lowest BCUT2D eigenvalue weighted by Gasteiger charge is -2.38. The van der Waals surface area contributed by atoms with Gasteiger partial charge in [-0.2, -0.15) is 0 Å². The summed E-state index contributed by atoms with van der Waals surface area (Å²) in [6.45, 7) is 4.17. The van der Waals surface area contributed by atoms with Gasteiger partial charge in [-0.15, -0.1) is 0 Å². The molecule has 3 nitrogen and oxygen atoms in total. The molecule has 1 aliphatic carbocycles. The highest BCUT2D eigenvalue weighted by Crippen LogP contribution is 2.38. The van der Waals surface area contributed by atoms with Crippen LogP contribution >= 0.6 is 39.1 Å². The summed E-state index contributed by atoms with van der Waals surface area (Å²) in [7, 11) is -3.74. The molecular weight excluding hydrogens is 397 g/mol. The van der Waals surface area contributed by atoms with Gasteiger partial charge in [-0.05, 0) is 30.4 Å². The molecule has 0 bridgehead atoms. The van der Waals surface area contributed by atoms with Crippen LogP contribution in [-0.2, 0) is 10.0 Å². The van der Waals surface area contributed by atoms with Gasteiger partial charge in [0.2, 0.25) is 10.0 Å². The molecule has 1 saturated carbocycles. The summed E-state index contributed by atoms with van der Waals surface area (Å²) in [5, 5.41) is 0.242. The summed E-state index contributed by atoms with van der Waals surface area (Å²) in [6.07, 6.45) is 3.99. The Hall–Kier alpha value is 0.190. The van der Waals surface area contributed by atoms with Gasteiger partial charge in [0.15, 0.2) is 0 Å². The highest BCUT2D eigenvalue weighted by Gasteiger charge is 2.36. The second-order valence-electron chi connectivity index (χ2n) is 6.11. The summed E-state index contributed by atoms with van der Waals surface area (Å²) in [4.78, 5) is -0.0459. The maximum Gasteiger partial charge on any atom is 0.243 e. The third-order valence-electron chi connectivity index (χ3n) is 4.04. The summed E-state index contributed by atoms with van der Waals surface area (Å²) in [5.74, 6) is 0. The Morgan fingerprint density at radius 2 is 1.81 bits per heavy atom. The van der Waals surface area contributed by atoms with Crippen LogP contribution in [0.15, 0.2) is 21.5 Å². The number of hydrogen-bond donors (Lipinski definition) is 1. The minimum Gasteiger partial charge on any atom is -0.207 e. The molecule has 0 aliphatic heterocycles. The first-order valence-corrected chi connectivity index (χ1v) is 9.83. The van der Waals surface area contributed by atoms with E-state index < -0.39 is 10.0 Å². The number of hydrogen-bond acceptors (Lipinski definition) is 2. The van der Waals surface area contributed by atoms with E-state index in [9.17, 15) is 8.42 Å². The second kappa shape index (κ2) is 6.36. The maximum atomic E-state index is 12.6. The van der Waals surface area contributed by atoms with Crippen molar-refractivity contribution in [2.24, 2.45) is 5.41 Å². The van der Waals surface area contributed by atoms with Crippen LogP contribution in [0.5, 0.6) is 0 Å². The lowest BCUT2D eigenvalue weighted by molar-refractivity contribution is 0.188. The van der Waals surface area contributed by atoms with Crippen LogP contribution in [0.25, 0.3) is 0 Å². The molecule has 1 atom stereocenters. The van der Waals surface area contributed by atoms with E-state index in [4.69, 9.17) is 23.2 Å². The Labute approximate surface area is 144 Å². The van der Waals surface area contributed by atoms with Gasteiger partial charge >= 0.3 is 0 Å². The van der Waals surface area contributed by atoms with Crippen LogP contribution in [0.2, 0.25) is 10.0 Å². The molecule has 1 aromatic rings. The predicted octanol–water partition coefficient (Wildman–Crippen LogP) is 5.00. The van der Waals surface area contributed by atoms with E-state index in [0.717, 1.165) is 25.7 Å². The van der Waals surface area contributed by atoms with Crippen LogP contribution in [0.4, 0.5) is 0 Å². The molecule has 0 amide bonds. The normalized spacial score (nSPS) is 22.2. The largest absolute Gasteiger partial charge is 0.243 e. The van der Waals surface area contributed by atoms with Crippen molar-refractivity contribution < 1.29 is 8.42 Å². The zero-order valence-electron chi connectivity index (χ0n) is 11.9. The minimum atomic E-state index is -3.74. The molecule has 1 unspecified atom stereocenters. The molecule has 1 aliphatic rings. The topological polar surface area (TPSA) is 46.2 Å². The van der Waals surface area contributed by atoms with E-state index in [1.807, 2.05) is 0 Å². The van der Waals surface area contributed by atoms with Crippen LogP contribution in [0.3, 0.4) is 0 Å². The number of nitrogens with one attached hydrogen (secondary N) is 1. The number of rotatable bonds is 3. The van der Waals surface area contributed by atoms with Crippen LogP contribution < -0.4 is 4.72 Å². The first kappa shape index (κ1) is 17.5. The highest BCUT2D eigenvalue weighted by molar-refractivity contribution is 9.10. The number of sulfonamides is 1. The van der Waals surface area contributed by atoms with Crippen molar-refractivity contribution in [3.63, 3.8) is 0 Å². The van der Waals surface area contributed by atoms with E-state index in [0.29, 0.717) is 4.47 Å². The van der Waals surface area contributed by atoms with Gasteiger partial charge in [0.1, 0.15) is 4.90 Å². The average Bonchev–Trinajstić information content (AvgIpc) is 2.29. The fourth-order valence-electron chi connectivity index (χ4n) is 2.74. The Kier molecular flexibility index (Phi) is 5.31. The van der Waals surface area contributed by atoms with Crippen LogP contribution in [0.1, 0.15) is 39.5 Å². The zero-order chi connectivity index (χ0) is 15.8. The molecule has 2 rings (SSSR count). The Morgan fingerprint density at radius 1 is 1.24 bits per heavy atom. The highest BCUT2D eigenvalue weighted by atomic mass is 79.9. The lowest BCUT2D eigenvalue weighted by Crippen LogP contribution is -2.46. The third kappa shape index (κ3) is 3.94. The molecule has 7 heteroatoms. The van der Waals surface area contributed by atoms with Crippen molar-refractivity contribution >= 4 is 49.2 Å². The van der Waals surface area contributed by atoms with E-state index in [-0.39, 0.29) is 26.4 Å². The molecule has 21 heavy (non-hydrogen) atoms. The standard InChI is InChI=1S/C14H18BrCl2NO2S/c1-14(2)6-4-3-5-12(14)18-21(19,20)13-10(16)7-9(15)8-11(13)17/h7-8,12,18H,3-6H2,1-2H3. The summed E-state index contributed by atoms with van der Waals surface area (Å²) >= 11 is 15.4. The number of benzene rings is 1. The Bertz CT molecular complexity index is 623. The molecule has 1 aromatic carbocycles. The zero-order valence-corrected chi connectivity index (χ0v) is 15.8. The molecule has 1 fully saturated rings. The molecule has 1 N–H and O–H groups in total. The van der Waals surface area contributed by atoms with Crippen molar-refractivity contribution in [3.05, 3.63) is 26.7 Å². The summed E-state index contributed by atoms with van der Waals surface area (Å²) < 4.78 is 28.7. The van der Waals surface area contributed by atoms with Gasteiger partial charge in [0.25, 0.3) is 0 Å². The van der Waals surface area contributed by atoms with Gasteiger partial charge in [0, 0.05) is 10.5 Å².